The fourth-order valence-electron chi connectivity index (χ4n) is 4.60. The first-order chi connectivity index (χ1) is 14.6. The van der Waals surface area contributed by atoms with Crippen molar-refractivity contribution in [2.45, 2.75) is 70.3 Å². The zero-order valence-electron chi connectivity index (χ0n) is 17.8. The van der Waals surface area contributed by atoms with Crippen molar-refractivity contribution in [3.8, 4) is 0 Å². The van der Waals surface area contributed by atoms with Crippen molar-refractivity contribution in [2.24, 2.45) is 11.8 Å². The van der Waals surface area contributed by atoms with E-state index in [9.17, 15) is 14.4 Å². The Labute approximate surface area is 178 Å². The highest BCUT2D eigenvalue weighted by Gasteiger charge is 2.34. The van der Waals surface area contributed by atoms with E-state index in [1.807, 2.05) is 6.07 Å². The lowest BCUT2D eigenvalue weighted by molar-refractivity contribution is -0.156. The molecule has 2 aliphatic rings. The second-order valence-corrected chi connectivity index (χ2v) is 8.46. The zero-order chi connectivity index (χ0) is 21.3. The minimum absolute atomic E-state index is 0.0190. The smallest absolute Gasteiger partial charge is 0.330 e. The summed E-state index contributed by atoms with van der Waals surface area (Å²) in [5.74, 6) is -0.837. The van der Waals surface area contributed by atoms with Crippen LogP contribution in [-0.4, -0.2) is 30.9 Å². The molecule has 5 heteroatoms. The molecule has 1 aromatic rings. The molecular formula is C25H32O5. The molecule has 0 amide bonds. The second kappa shape index (κ2) is 11.1. The van der Waals surface area contributed by atoms with Gasteiger partial charge in [-0.05, 0) is 62.1 Å². The van der Waals surface area contributed by atoms with Gasteiger partial charge in [0, 0.05) is 18.1 Å². The highest BCUT2D eigenvalue weighted by molar-refractivity contribution is 5.99. The minimum atomic E-state index is -0.446. The van der Waals surface area contributed by atoms with E-state index in [2.05, 4.69) is 4.74 Å². The molecule has 0 saturated heterocycles. The number of Topliss-reactive ketones (excluding diaryl/α,β-unsaturated/α-hetero) is 1. The molecule has 3 rings (SSSR count). The van der Waals surface area contributed by atoms with E-state index in [-0.39, 0.29) is 36.1 Å². The third-order valence-corrected chi connectivity index (χ3v) is 6.33. The van der Waals surface area contributed by atoms with Crippen LogP contribution in [0, 0.1) is 11.8 Å². The zero-order valence-corrected chi connectivity index (χ0v) is 17.8. The maximum Gasteiger partial charge on any atom is 0.330 e. The number of carbonyl (C=O) groups is 3. The SMILES string of the molecule is COC(=O)/C=C/c1cccc(C(=O)C[C@H](C(=O)OC2CCCC2)C2CCCCC2)c1. The molecule has 0 unspecified atom stereocenters. The summed E-state index contributed by atoms with van der Waals surface area (Å²) >= 11 is 0. The number of esters is 2. The molecule has 2 fully saturated rings. The Morgan fingerprint density at radius 1 is 1.03 bits per heavy atom. The Kier molecular flexibility index (Phi) is 8.23. The number of rotatable bonds is 8. The number of hydrogen-bond acceptors (Lipinski definition) is 5. The molecule has 1 aromatic carbocycles. The molecule has 162 valence electrons. The predicted molar refractivity (Wildman–Crippen MR) is 115 cm³/mol. The number of carbonyl (C=O) groups excluding carboxylic acids is 3. The third-order valence-electron chi connectivity index (χ3n) is 6.33. The quantitative estimate of drug-likeness (QED) is 0.336. The summed E-state index contributed by atoms with van der Waals surface area (Å²) in [5, 5.41) is 0. The van der Waals surface area contributed by atoms with Gasteiger partial charge < -0.3 is 9.47 Å². The van der Waals surface area contributed by atoms with Crippen LogP contribution < -0.4 is 0 Å². The summed E-state index contributed by atoms with van der Waals surface area (Å²) in [6.45, 7) is 0. The highest BCUT2D eigenvalue weighted by Crippen LogP contribution is 2.34. The van der Waals surface area contributed by atoms with Crippen molar-refractivity contribution in [3.05, 3.63) is 41.5 Å². The topological polar surface area (TPSA) is 69.7 Å². The van der Waals surface area contributed by atoms with Gasteiger partial charge in [0.25, 0.3) is 0 Å². The minimum Gasteiger partial charge on any atom is -0.466 e. The molecule has 30 heavy (non-hydrogen) atoms. The molecule has 0 spiro atoms. The molecule has 5 nitrogen and oxygen atoms in total. The van der Waals surface area contributed by atoms with Crippen LogP contribution in [0.4, 0.5) is 0 Å². The fourth-order valence-corrected chi connectivity index (χ4v) is 4.60. The first-order valence-electron chi connectivity index (χ1n) is 11.2. The molecule has 0 bridgehead atoms. The van der Waals surface area contributed by atoms with E-state index in [4.69, 9.17) is 4.74 Å². The molecule has 0 aromatic heterocycles. The summed E-state index contributed by atoms with van der Waals surface area (Å²) in [5.41, 5.74) is 1.30. The summed E-state index contributed by atoms with van der Waals surface area (Å²) < 4.78 is 10.4. The second-order valence-electron chi connectivity index (χ2n) is 8.46. The van der Waals surface area contributed by atoms with Crippen LogP contribution in [0.25, 0.3) is 6.08 Å². The van der Waals surface area contributed by atoms with Crippen LogP contribution in [0.1, 0.15) is 80.1 Å². The average Bonchev–Trinajstić information content (AvgIpc) is 3.29. The van der Waals surface area contributed by atoms with Gasteiger partial charge in [0.15, 0.2) is 5.78 Å². The van der Waals surface area contributed by atoms with E-state index in [1.165, 1.54) is 19.6 Å². The molecule has 0 heterocycles. The number of ketones is 1. The summed E-state index contributed by atoms with van der Waals surface area (Å²) in [6, 6.07) is 7.12. The molecule has 2 saturated carbocycles. The Balaban J connectivity index is 1.71. The summed E-state index contributed by atoms with van der Waals surface area (Å²) in [6.07, 6.45) is 12.6. The van der Waals surface area contributed by atoms with Gasteiger partial charge in [-0.15, -0.1) is 0 Å². The molecule has 0 aliphatic heterocycles. The Hall–Kier alpha value is -2.43. The van der Waals surface area contributed by atoms with E-state index in [0.29, 0.717) is 5.56 Å². The van der Waals surface area contributed by atoms with E-state index >= 15 is 0 Å². The van der Waals surface area contributed by atoms with Crippen molar-refractivity contribution in [1.29, 1.82) is 0 Å². The van der Waals surface area contributed by atoms with Crippen molar-refractivity contribution in [1.82, 2.24) is 0 Å². The number of ether oxygens (including phenoxy) is 2. The maximum absolute atomic E-state index is 13.1. The summed E-state index contributed by atoms with van der Waals surface area (Å²) in [4.78, 5) is 37.4. The summed E-state index contributed by atoms with van der Waals surface area (Å²) in [7, 11) is 1.32. The van der Waals surface area contributed by atoms with Gasteiger partial charge in [-0.3, -0.25) is 9.59 Å². The van der Waals surface area contributed by atoms with Crippen molar-refractivity contribution < 1.29 is 23.9 Å². The van der Waals surface area contributed by atoms with Crippen LogP contribution in [0.15, 0.2) is 30.3 Å². The van der Waals surface area contributed by atoms with E-state index < -0.39 is 5.97 Å². The maximum atomic E-state index is 13.1. The van der Waals surface area contributed by atoms with Crippen molar-refractivity contribution in [3.63, 3.8) is 0 Å². The molecule has 2 aliphatic carbocycles. The Morgan fingerprint density at radius 2 is 1.73 bits per heavy atom. The lowest BCUT2D eigenvalue weighted by atomic mass is 9.77. The van der Waals surface area contributed by atoms with Crippen LogP contribution in [0.5, 0.6) is 0 Å². The van der Waals surface area contributed by atoms with Gasteiger partial charge >= 0.3 is 11.9 Å². The van der Waals surface area contributed by atoms with Crippen LogP contribution in [0.3, 0.4) is 0 Å². The van der Waals surface area contributed by atoms with Gasteiger partial charge in [-0.1, -0.05) is 37.5 Å². The molecule has 0 N–H and O–H groups in total. The fraction of sp³-hybridized carbons (Fsp3) is 0.560. The third kappa shape index (κ3) is 6.28. The van der Waals surface area contributed by atoms with Gasteiger partial charge in [0.1, 0.15) is 6.10 Å². The number of methoxy groups -OCH3 is 1. The molecule has 1 atom stereocenters. The number of benzene rings is 1. The van der Waals surface area contributed by atoms with Gasteiger partial charge in [-0.2, -0.15) is 0 Å². The van der Waals surface area contributed by atoms with Crippen LogP contribution >= 0.6 is 0 Å². The van der Waals surface area contributed by atoms with Crippen molar-refractivity contribution in [2.75, 3.05) is 7.11 Å². The van der Waals surface area contributed by atoms with Gasteiger partial charge in [0.05, 0.1) is 13.0 Å². The highest BCUT2D eigenvalue weighted by atomic mass is 16.5. The van der Waals surface area contributed by atoms with Gasteiger partial charge in [0.2, 0.25) is 0 Å². The first kappa shape index (κ1) is 22.3. The lowest BCUT2D eigenvalue weighted by Crippen LogP contribution is -2.31. The van der Waals surface area contributed by atoms with E-state index in [1.54, 1.807) is 24.3 Å². The van der Waals surface area contributed by atoms with E-state index in [0.717, 1.165) is 56.9 Å². The monoisotopic (exact) mass is 412 g/mol. The largest absolute Gasteiger partial charge is 0.466 e. The van der Waals surface area contributed by atoms with Crippen LogP contribution in [-0.2, 0) is 19.1 Å². The number of hydrogen-bond donors (Lipinski definition) is 0. The molecule has 0 radical (unpaired) electrons. The Bertz CT molecular complexity index is 769. The average molecular weight is 413 g/mol. The predicted octanol–water partition coefficient (Wildman–Crippen LogP) is 5.13. The molecular weight excluding hydrogens is 380 g/mol. The normalized spacial score (nSPS) is 19.0. The van der Waals surface area contributed by atoms with Gasteiger partial charge in [-0.25, -0.2) is 4.79 Å². The van der Waals surface area contributed by atoms with Crippen molar-refractivity contribution >= 4 is 23.8 Å². The Morgan fingerprint density at radius 3 is 2.43 bits per heavy atom. The van der Waals surface area contributed by atoms with Crippen LogP contribution in [0.2, 0.25) is 0 Å². The standard InChI is InChI=1S/C25H32O5/c1-29-24(27)15-14-18-8-7-11-20(16-18)23(26)17-22(19-9-3-2-4-10-19)25(28)30-21-12-5-6-13-21/h7-8,11,14-16,19,21-22H,2-6,9-10,12-13,17H2,1H3/b15-14+/t22-/m0/s1. The lowest BCUT2D eigenvalue weighted by Gasteiger charge is -2.29. The first-order valence-corrected chi connectivity index (χ1v) is 11.2.